The first-order valence-electron chi connectivity index (χ1n) is 5.69. The second kappa shape index (κ2) is 6.99. The van der Waals surface area contributed by atoms with Gasteiger partial charge in [0.25, 0.3) is 0 Å². The summed E-state index contributed by atoms with van der Waals surface area (Å²) in [7, 11) is 0. The highest BCUT2D eigenvalue weighted by atomic mass is 14.9. The largest absolute Gasteiger partial charge is 0.388 e. The van der Waals surface area contributed by atoms with Crippen molar-refractivity contribution in [3.63, 3.8) is 0 Å². The number of hydrogen-bond donors (Lipinski definition) is 1. The topological polar surface area (TPSA) is 12.0 Å². The second-order valence-electron chi connectivity index (χ2n) is 3.73. The van der Waals surface area contributed by atoms with Crippen LogP contribution in [0.5, 0.6) is 0 Å². The van der Waals surface area contributed by atoms with Crippen molar-refractivity contribution in [3.8, 4) is 0 Å². The zero-order chi connectivity index (χ0) is 10.3. The molecular formula is C12H25N. The highest BCUT2D eigenvalue weighted by Crippen LogP contribution is 2.22. The Bertz CT molecular complexity index is 147. The van der Waals surface area contributed by atoms with Crippen molar-refractivity contribution in [3.05, 3.63) is 11.8 Å². The summed E-state index contributed by atoms with van der Waals surface area (Å²) in [5, 5.41) is 3.43. The Balaban J connectivity index is 0.000000671. The van der Waals surface area contributed by atoms with Crippen LogP contribution in [0.3, 0.4) is 0 Å². The van der Waals surface area contributed by atoms with Crippen LogP contribution < -0.4 is 5.32 Å². The molecule has 1 heterocycles. The number of rotatable bonds is 3. The van der Waals surface area contributed by atoms with Gasteiger partial charge in [-0.05, 0) is 30.5 Å². The van der Waals surface area contributed by atoms with E-state index in [1.807, 2.05) is 13.8 Å². The molecule has 1 rings (SSSR count). The lowest BCUT2D eigenvalue weighted by atomic mass is 9.98. The van der Waals surface area contributed by atoms with Crippen LogP contribution in [0.25, 0.3) is 0 Å². The first-order valence-corrected chi connectivity index (χ1v) is 5.69. The molecule has 0 aromatic rings. The monoisotopic (exact) mass is 183 g/mol. The predicted molar refractivity (Wildman–Crippen MR) is 60.7 cm³/mol. The molecule has 1 aliphatic heterocycles. The van der Waals surface area contributed by atoms with Gasteiger partial charge >= 0.3 is 0 Å². The third-order valence-electron chi connectivity index (χ3n) is 2.37. The van der Waals surface area contributed by atoms with Crippen molar-refractivity contribution in [1.82, 2.24) is 5.32 Å². The van der Waals surface area contributed by atoms with E-state index in [2.05, 4.69) is 32.3 Å². The highest BCUT2D eigenvalue weighted by molar-refractivity contribution is 5.12. The predicted octanol–water partition coefficient (Wildman–Crippen LogP) is 3.71. The van der Waals surface area contributed by atoms with Crippen LogP contribution in [0.4, 0.5) is 0 Å². The van der Waals surface area contributed by atoms with E-state index in [0.717, 1.165) is 12.0 Å². The Labute approximate surface area is 83.6 Å². The molecule has 0 fully saturated rings. The lowest BCUT2D eigenvalue weighted by Gasteiger charge is -2.10. The van der Waals surface area contributed by atoms with E-state index >= 15 is 0 Å². The molecule has 1 atom stereocenters. The second-order valence-corrected chi connectivity index (χ2v) is 3.73. The van der Waals surface area contributed by atoms with Gasteiger partial charge in [0.2, 0.25) is 0 Å². The Kier molecular flexibility index (Phi) is 6.75. The van der Waals surface area contributed by atoms with E-state index < -0.39 is 0 Å². The fraction of sp³-hybridized carbons (Fsp3) is 0.833. The number of hydrogen-bond acceptors (Lipinski definition) is 1. The summed E-state index contributed by atoms with van der Waals surface area (Å²) in [6.45, 7) is 10.8. The van der Waals surface area contributed by atoms with Crippen LogP contribution >= 0.6 is 0 Å². The van der Waals surface area contributed by atoms with Gasteiger partial charge in [0, 0.05) is 6.04 Å². The minimum absolute atomic E-state index is 0.726. The van der Waals surface area contributed by atoms with E-state index in [-0.39, 0.29) is 0 Å². The molecule has 0 aromatic heterocycles. The third kappa shape index (κ3) is 4.35. The molecule has 0 amide bonds. The summed E-state index contributed by atoms with van der Waals surface area (Å²) in [4.78, 5) is 0. The molecule has 1 heteroatoms. The Morgan fingerprint density at radius 1 is 1.46 bits per heavy atom. The lowest BCUT2D eigenvalue weighted by Crippen LogP contribution is -2.18. The zero-order valence-corrected chi connectivity index (χ0v) is 9.85. The molecule has 0 spiro atoms. The van der Waals surface area contributed by atoms with E-state index in [4.69, 9.17) is 0 Å². The van der Waals surface area contributed by atoms with Crippen molar-refractivity contribution in [2.24, 2.45) is 5.92 Å². The quantitative estimate of drug-likeness (QED) is 0.703. The minimum Gasteiger partial charge on any atom is -0.388 e. The van der Waals surface area contributed by atoms with E-state index in [0.29, 0.717) is 0 Å². The minimum atomic E-state index is 0.726. The van der Waals surface area contributed by atoms with Gasteiger partial charge in [-0.1, -0.05) is 41.0 Å². The maximum absolute atomic E-state index is 3.43. The standard InChI is InChI=1S/C10H19N.C2H6/c1-4-5-10-6-9(7-11-10)8(2)3;1-2/h7-8,10-11H,4-6H2,1-3H3;1-2H3. The summed E-state index contributed by atoms with van der Waals surface area (Å²) in [6, 6.07) is 0.734. The smallest absolute Gasteiger partial charge is 0.0293 e. The van der Waals surface area contributed by atoms with Crippen molar-refractivity contribution >= 4 is 0 Å². The Hall–Kier alpha value is -0.460. The van der Waals surface area contributed by atoms with Crippen LogP contribution in [-0.4, -0.2) is 6.04 Å². The molecule has 1 nitrogen and oxygen atoms in total. The van der Waals surface area contributed by atoms with Crippen LogP contribution in [0.15, 0.2) is 11.8 Å². The van der Waals surface area contributed by atoms with Gasteiger partial charge in [-0.3, -0.25) is 0 Å². The molecule has 0 saturated carbocycles. The summed E-state index contributed by atoms with van der Waals surface area (Å²) >= 11 is 0. The molecule has 78 valence electrons. The first kappa shape index (κ1) is 12.5. The van der Waals surface area contributed by atoms with Crippen LogP contribution in [0, 0.1) is 5.92 Å². The van der Waals surface area contributed by atoms with Gasteiger partial charge in [0.05, 0.1) is 0 Å². The highest BCUT2D eigenvalue weighted by Gasteiger charge is 2.16. The van der Waals surface area contributed by atoms with Crippen LogP contribution in [0.1, 0.15) is 53.9 Å². The molecule has 0 aromatic carbocycles. The molecule has 0 saturated heterocycles. The molecule has 1 N–H and O–H groups in total. The van der Waals surface area contributed by atoms with E-state index in [1.165, 1.54) is 19.3 Å². The molecule has 1 unspecified atom stereocenters. The average Bonchev–Trinajstić information content (AvgIpc) is 2.57. The average molecular weight is 183 g/mol. The van der Waals surface area contributed by atoms with E-state index in [9.17, 15) is 0 Å². The third-order valence-corrected chi connectivity index (χ3v) is 2.37. The van der Waals surface area contributed by atoms with Gasteiger partial charge in [0.1, 0.15) is 0 Å². The van der Waals surface area contributed by atoms with Crippen LogP contribution in [0.2, 0.25) is 0 Å². The molecule has 0 bridgehead atoms. The normalized spacial score (nSPS) is 20.5. The maximum atomic E-state index is 3.43. The summed E-state index contributed by atoms with van der Waals surface area (Å²) in [5.41, 5.74) is 1.59. The summed E-state index contributed by atoms with van der Waals surface area (Å²) in [6.07, 6.45) is 6.08. The summed E-state index contributed by atoms with van der Waals surface area (Å²) in [5.74, 6) is 0.726. The molecule has 0 radical (unpaired) electrons. The van der Waals surface area contributed by atoms with Crippen molar-refractivity contribution in [1.29, 1.82) is 0 Å². The summed E-state index contributed by atoms with van der Waals surface area (Å²) < 4.78 is 0. The van der Waals surface area contributed by atoms with Crippen LogP contribution in [-0.2, 0) is 0 Å². The van der Waals surface area contributed by atoms with Gasteiger partial charge in [0.15, 0.2) is 0 Å². The molecule has 1 aliphatic rings. The Morgan fingerprint density at radius 3 is 2.46 bits per heavy atom. The SMILES string of the molecule is CC.CCCC1CC(C(C)C)=CN1. The van der Waals surface area contributed by atoms with Gasteiger partial charge < -0.3 is 5.32 Å². The molecule has 0 aliphatic carbocycles. The fourth-order valence-electron chi connectivity index (χ4n) is 1.56. The van der Waals surface area contributed by atoms with Crippen molar-refractivity contribution in [2.75, 3.05) is 0 Å². The van der Waals surface area contributed by atoms with Crippen molar-refractivity contribution < 1.29 is 0 Å². The zero-order valence-electron chi connectivity index (χ0n) is 9.85. The van der Waals surface area contributed by atoms with Gasteiger partial charge in [-0.15, -0.1) is 0 Å². The fourth-order valence-corrected chi connectivity index (χ4v) is 1.56. The Morgan fingerprint density at radius 2 is 2.08 bits per heavy atom. The van der Waals surface area contributed by atoms with Gasteiger partial charge in [-0.2, -0.15) is 0 Å². The molecule has 13 heavy (non-hydrogen) atoms. The lowest BCUT2D eigenvalue weighted by molar-refractivity contribution is 0.550. The first-order chi connectivity index (χ1) is 6.24. The van der Waals surface area contributed by atoms with E-state index in [1.54, 1.807) is 5.57 Å². The molecular weight excluding hydrogens is 158 g/mol. The van der Waals surface area contributed by atoms with Crippen molar-refractivity contribution in [2.45, 2.75) is 59.9 Å². The maximum Gasteiger partial charge on any atom is 0.0293 e. The number of nitrogens with one attached hydrogen (secondary N) is 1. The van der Waals surface area contributed by atoms with Gasteiger partial charge in [-0.25, -0.2) is 0 Å².